The third-order valence-corrected chi connectivity index (χ3v) is 10.5. The van der Waals surface area contributed by atoms with Crippen molar-refractivity contribution >= 4 is 40.1 Å². The highest BCUT2D eigenvalue weighted by Crippen LogP contribution is 2.48. The maximum atomic E-state index is 14.0. The van der Waals surface area contributed by atoms with Crippen LogP contribution in [-0.4, -0.2) is 28.7 Å². The van der Waals surface area contributed by atoms with Gasteiger partial charge in [-0.3, -0.25) is 4.79 Å². The summed E-state index contributed by atoms with van der Waals surface area (Å²) in [5.41, 5.74) is 1.34. The molecule has 1 heterocycles. The van der Waals surface area contributed by atoms with Crippen molar-refractivity contribution in [2.75, 3.05) is 6.54 Å². The van der Waals surface area contributed by atoms with Crippen molar-refractivity contribution in [2.45, 2.75) is 13.0 Å². The van der Waals surface area contributed by atoms with E-state index >= 15 is 0 Å². The lowest BCUT2D eigenvalue weighted by Crippen LogP contribution is -2.53. The summed E-state index contributed by atoms with van der Waals surface area (Å²) in [6, 6.07) is 39.8. The number of esters is 1. The predicted octanol–water partition coefficient (Wildman–Crippen LogP) is 4.09. The normalized spacial score (nSPS) is 13.1. The Morgan fingerprint density at radius 1 is 0.686 bits per heavy atom. The van der Waals surface area contributed by atoms with Crippen molar-refractivity contribution in [1.82, 2.24) is 4.90 Å². The monoisotopic (exact) mass is 479 g/mol. The SMILES string of the molecule is O=C(OCc1ccccc1)C(N1CCC1=O)=P(c1ccccc1)(c1ccccc1)c1ccccc1. The Kier molecular flexibility index (Phi) is 6.65. The van der Waals surface area contributed by atoms with E-state index in [1.165, 1.54) is 0 Å². The minimum Gasteiger partial charge on any atom is -0.456 e. The number of likely N-dealkylation sites (tertiary alicyclic amines) is 1. The molecule has 0 atom stereocenters. The smallest absolute Gasteiger partial charge is 0.356 e. The Hall–Kier alpha value is -3.88. The topological polar surface area (TPSA) is 46.6 Å². The van der Waals surface area contributed by atoms with Crippen LogP contribution in [-0.2, 0) is 20.9 Å². The number of hydrogen-bond donors (Lipinski definition) is 0. The second kappa shape index (κ2) is 10.2. The van der Waals surface area contributed by atoms with E-state index in [1.54, 1.807) is 4.90 Å². The Morgan fingerprint density at radius 2 is 1.11 bits per heavy atom. The Labute approximate surface area is 205 Å². The van der Waals surface area contributed by atoms with Gasteiger partial charge < -0.3 is 9.64 Å². The fourth-order valence-electron chi connectivity index (χ4n) is 4.52. The maximum Gasteiger partial charge on any atom is 0.356 e. The largest absolute Gasteiger partial charge is 0.456 e. The van der Waals surface area contributed by atoms with E-state index in [4.69, 9.17) is 4.74 Å². The lowest BCUT2D eigenvalue weighted by Gasteiger charge is -2.39. The average molecular weight is 480 g/mol. The van der Waals surface area contributed by atoms with Gasteiger partial charge in [0.2, 0.25) is 5.91 Å². The van der Waals surface area contributed by atoms with Crippen molar-refractivity contribution in [3.8, 4) is 0 Å². The van der Waals surface area contributed by atoms with E-state index in [-0.39, 0.29) is 12.5 Å². The fraction of sp³-hybridized carbons (Fsp3) is 0.100. The quantitative estimate of drug-likeness (QED) is 0.228. The van der Waals surface area contributed by atoms with Crippen LogP contribution >= 0.6 is 6.89 Å². The highest BCUT2D eigenvalue weighted by Gasteiger charge is 2.41. The van der Waals surface area contributed by atoms with E-state index in [0.717, 1.165) is 21.5 Å². The van der Waals surface area contributed by atoms with Crippen LogP contribution in [0, 0.1) is 0 Å². The van der Waals surface area contributed by atoms with Crippen LogP contribution in [0.5, 0.6) is 0 Å². The summed E-state index contributed by atoms with van der Waals surface area (Å²) in [7, 11) is 0. The van der Waals surface area contributed by atoms with Crippen LogP contribution < -0.4 is 15.9 Å². The molecule has 0 radical (unpaired) electrons. The van der Waals surface area contributed by atoms with Crippen LogP contribution in [0.2, 0.25) is 0 Å². The van der Waals surface area contributed by atoms with Crippen LogP contribution in [0.4, 0.5) is 0 Å². The molecule has 4 nitrogen and oxygen atoms in total. The average Bonchev–Trinajstić information content (AvgIpc) is 2.93. The summed E-state index contributed by atoms with van der Waals surface area (Å²) < 4.78 is 5.92. The van der Waals surface area contributed by atoms with Gasteiger partial charge in [0.1, 0.15) is 12.0 Å². The Bertz CT molecular complexity index is 1270. The summed E-state index contributed by atoms with van der Waals surface area (Å²) in [4.78, 5) is 28.6. The number of rotatable bonds is 7. The molecule has 4 aromatic rings. The van der Waals surface area contributed by atoms with Crippen molar-refractivity contribution in [2.24, 2.45) is 0 Å². The lowest BCUT2D eigenvalue weighted by atomic mass is 10.2. The Balaban J connectivity index is 1.83. The number of carbonyl (C=O) groups is 2. The van der Waals surface area contributed by atoms with E-state index < -0.39 is 12.9 Å². The predicted molar refractivity (Wildman–Crippen MR) is 143 cm³/mol. The van der Waals surface area contributed by atoms with E-state index in [9.17, 15) is 9.59 Å². The highest BCUT2D eigenvalue weighted by atomic mass is 31.2. The Morgan fingerprint density at radius 3 is 1.49 bits per heavy atom. The van der Waals surface area contributed by atoms with Crippen LogP contribution in [0.25, 0.3) is 0 Å². The van der Waals surface area contributed by atoms with Gasteiger partial charge in [-0.2, -0.15) is 0 Å². The van der Waals surface area contributed by atoms with E-state index in [0.29, 0.717) is 18.4 Å². The van der Waals surface area contributed by atoms with Crippen molar-refractivity contribution in [1.29, 1.82) is 0 Å². The molecule has 1 aliphatic heterocycles. The molecular formula is C30H26NO3P. The third-order valence-electron chi connectivity index (χ3n) is 6.25. The molecule has 35 heavy (non-hydrogen) atoms. The zero-order chi connectivity index (χ0) is 24.1. The van der Waals surface area contributed by atoms with Crippen molar-refractivity contribution in [3.63, 3.8) is 0 Å². The molecule has 0 N–H and O–H groups in total. The molecule has 1 amide bonds. The van der Waals surface area contributed by atoms with Gasteiger partial charge in [0.15, 0.2) is 0 Å². The van der Waals surface area contributed by atoms with Gasteiger partial charge in [0.05, 0.1) is 0 Å². The number of β-lactam (4-membered cyclic amide) rings is 1. The van der Waals surface area contributed by atoms with Gasteiger partial charge in [-0.05, 0) is 21.5 Å². The van der Waals surface area contributed by atoms with E-state index in [2.05, 4.69) is 36.4 Å². The zero-order valence-corrected chi connectivity index (χ0v) is 20.2. The number of benzene rings is 4. The molecule has 5 rings (SSSR count). The molecule has 0 spiro atoms. The summed E-state index contributed by atoms with van der Waals surface area (Å²) in [5.74, 6) is -0.504. The molecule has 1 aliphatic rings. The maximum absolute atomic E-state index is 14.0. The minimum absolute atomic E-state index is 0.0520. The van der Waals surface area contributed by atoms with Gasteiger partial charge in [-0.1, -0.05) is 121 Å². The molecule has 174 valence electrons. The van der Waals surface area contributed by atoms with Crippen LogP contribution in [0.1, 0.15) is 12.0 Å². The molecule has 1 saturated heterocycles. The number of ether oxygens (including phenoxy) is 1. The molecule has 1 fully saturated rings. The fourth-order valence-corrected chi connectivity index (χ4v) is 8.92. The van der Waals surface area contributed by atoms with Gasteiger partial charge in [-0.25, -0.2) is 4.79 Å². The number of carbonyl (C=O) groups excluding carboxylic acids is 2. The number of amides is 1. The first-order valence-electron chi connectivity index (χ1n) is 11.7. The first kappa shape index (κ1) is 22.9. The van der Waals surface area contributed by atoms with Crippen molar-refractivity contribution < 1.29 is 14.3 Å². The van der Waals surface area contributed by atoms with Gasteiger partial charge in [-0.15, -0.1) is 0 Å². The minimum atomic E-state index is -2.75. The summed E-state index contributed by atoms with van der Waals surface area (Å²) in [6.45, 7) is -2.11. The molecule has 0 unspecified atom stereocenters. The summed E-state index contributed by atoms with van der Waals surface area (Å²) in [5, 5.41) is 3.01. The summed E-state index contributed by atoms with van der Waals surface area (Å²) in [6.07, 6.45) is 0.424. The lowest BCUT2D eigenvalue weighted by molar-refractivity contribution is -0.142. The third kappa shape index (κ3) is 4.34. The highest BCUT2D eigenvalue weighted by molar-refractivity contribution is 7.96. The second-order valence-electron chi connectivity index (χ2n) is 8.36. The molecule has 0 aliphatic carbocycles. The van der Waals surface area contributed by atoms with Gasteiger partial charge in [0, 0.05) is 19.9 Å². The summed E-state index contributed by atoms with van der Waals surface area (Å²) >= 11 is 0. The number of nitrogens with zero attached hydrogens (tertiary/aromatic N) is 1. The zero-order valence-electron chi connectivity index (χ0n) is 19.3. The molecule has 0 saturated carbocycles. The first-order chi connectivity index (χ1) is 17.2. The number of hydrogen-bond acceptors (Lipinski definition) is 3. The van der Waals surface area contributed by atoms with Gasteiger partial charge in [0.25, 0.3) is 0 Å². The molecule has 0 bridgehead atoms. The molecule has 0 aromatic heterocycles. The van der Waals surface area contributed by atoms with E-state index in [1.807, 2.05) is 84.9 Å². The second-order valence-corrected chi connectivity index (χ2v) is 11.7. The van der Waals surface area contributed by atoms with Gasteiger partial charge >= 0.3 is 5.97 Å². The molecular weight excluding hydrogens is 453 g/mol. The first-order valence-corrected chi connectivity index (χ1v) is 13.4. The molecule has 4 aromatic carbocycles. The van der Waals surface area contributed by atoms with Crippen molar-refractivity contribution in [3.05, 3.63) is 127 Å². The van der Waals surface area contributed by atoms with Crippen LogP contribution in [0.15, 0.2) is 121 Å². The van der Waals surface area contributed by atoms with Crippen LogP contribution in [0.3, 0.4) is 0 Å². The standard InChI is InChI=1S/C30H26NO3P/c32-28-21-22-31(28)29(30(33)34-23-24-13-5-1-6-14-24)35(25-15-7-2-8-16-25,26-17-9-3-10-18-26)27-19-11-4-12-20-27/h1-20H,21-23H2. The molecule has 5 heteroatoms.